The van der Waals surface area contributed by atoms with E-state index in [0.717, 1.165) is 5.56 Å². The summed E-state index contributed by atoms with van der Waals surface area (Å²) < 4.78 is 5.19. The molecular formula is C22H18ClN3O3. The number of aliphatic imine (C=N–C) groups is 1. The molecule has 4 rings (SSSR count). The van der Waals surface area contributed by atoms with E-state index in [4.69, 9.17) is 16.3 Å². The van der Waals surface area contributed by atoms with Crippen LogP contribution >= 0.6 is 11.6 Å². The second-order valence-electron chi connectivity index (χ2n) is 6.69. The van der Waals surface area contributed by atoms with E-state index in [1.54, 1.807) is 55.8 Å². The van der Waals surface area contributed by atoms with Crippen LogP contribution in [0.2, 0.25) is 5.02 Å². The highest BCUT2D eigenvalue weighted by Crippen LogP contribution is 2.28. The lowest BCUT2D eigenvalue weighted by Crippen LogP contribution is -2.55. The van der Waals surface area contributed by atoms with Gasteiger partial charge in [-0.25, -0.2) is 4.99 Å². The van der Waals surface area contributed by atoms with Crippen molar-refractivity contribution in [2.45, 2.75) is 12.1 Å². The first-order valence-corrected chi connectivity index (χ1v) is 9.38. The molecule has 1 unspecified atom stereocenters. The van der Waals surface area contributed by atoms with Gasteiger partial charge in [-0.2, -0.15) is 0 Å². The average molecular weight is 408 g/mol. The third-order valence-electron chi connectivity index (χ3n) is 4.76. The third-order valence-corrected chi connectivity index (χ3v) is 5.01. The second-order valence-corrected chi connectivity index (χ2v) is 7.13. The molecule has 0 radical (unpaired) electrons. The average Bonchev–Trinajstić information content (AvgIpc) is 3.00. The molecule has 0 aliphatic carbocycles. The van der Waals surface area contributed by atoms with Gasteiger partial charge < -0.3 is 10.1 Å². The van der Waals surface area contributed by atoms with Crippen LogP contribution in [0.5, 0.6) is 5.75 Å². The molecule has 0 fully saturated rings. The first-order chi connectivity index (χ1) is 14.0. The van der Waals surface area contributed by atoms with E-state index < -0.39 is 11.6 Å². The second kappa shape index (κ2) is 7.56. The molecule has 2 aliphatic rings. The van der Waals surface area contributed by atoms with Crippen LogP contribution in [0.4, 0.5) is 0 Å². The van der Waals surface area contributed by atoms with Gasteiger partial charge in [-0.15, -0.1) is 0 Å². The maximum Gasteiger partial charge on any atom is 0.281 e. The molecule has 29 heavy (non-hydrogen) atoms. The Kier molecular flexibility index (Phi) is 4.94. The van der Waals surface area contributed by atoms with Crippen molar-refractivity contribution in [3.05, 3.63) is 89.1 Å². The Labute approximate surface area is 173 Å². The zero-order chi connectivity index (χ0) is 20.4. The maximum absolute atomic E-state index is 13.3. The van der Waals surface area contributed by atoms with E-state index in [-0.39, 0.29) is 12.3 Å². The zero-order valence-electron chi connectivity index (χ0n) is 15.6. The van der Waals surface area contributed by atoms with Gasteiger partial charge in [0.05, 0.1) is 7.11 Å². The van der Waals surface area contributed by atoms with Crippen LogP contribution in [0.25, 0.3) is 0 Å². The Morgan fingerprint density at radius 3 is 2.52 bits per heavy atom. The number of amidine groups is 1. The first kappa shape index (κ1) is 19.0. The van der Waals surface area contributed by atoms with Crippen molar-refractivity contribution in [1.82, 2.24) is 10.2 Å². The number of rotatable bonds is 5. The summed E-state index contributed by atoms with van der Waals surface area (Å²) >= 11 is 5.91. The molecule has 0 saturated heterocycles. The molecule has 2 aliphatic heterocycles. The number of carbonyl (C=O) groups excluding carboxylic acids is 2. The van der Waals surface area contributed by atoms with Gasteiger partial charge in [-0.05, 0) is 54.1 Å². The molecule has 2 heterocycles. The van der Waals surface area contributed by atoms with E-state index in [1.807, 2.05) is 24.3 Å². The van der Waals surface area contributed by atoms with Gasteiger partial charge in [-0.3, -0.25) is 14.5 Å². The van der Waals surface area contributed by atoms with Crippen LogP contribution in [0.15, 0.2) is 78.0 Å². The van der Waals surface area contributed by atoms with Crippen molar-refractivity contribution < 1.29 is 14.3 Å². The summed E-state index contributed by atoms with van der Waals surface area (Å²) in [6.07, 6.45) is 7.14. The fourth-order valence-electron chi connectivity index (χ4n) is 3.28. The van der Waals surface area contributed by atoms with Gasteiger partial charge in [0.25, 0.3) is 11.8 Å². The van der Waals surface area contributed by atoms with Crippen LogP contribution in [-0.4, -0.2) is 35.3 Å². The predicted octanol–water partition coefficient (Wildman–Crippen LogP) is 3.34. The Hall–Kier alpha value is -3.38. The molecule has 146 valence electrons. The number of hydrogen-bond acceptors (Lipinski definition) is 4. The van der Waals surface area contributed by atoms with E-state index in [0.29, 0.717) is 22.2 Å². The van der Waals surface area contributed by atoms with Crippen LogP contribution in [0.3, 0.4) is 0 Å². The van der Waals surface area contributed by atoms with Gasteiger partial charge in [0, 0.05) is 23.2 Å². The third kappa shape index (κ3) is 3.67. The van der Waals surface area contributed by atoms with E-state index in [9.17, 15) is 9.59 Å². The topological polar surface area (TPSA) is 71.0 Å². The number of carbonyl (C=O) groups is 2. The molecule has 1 atom stereocenters. The van der Waals surface area contributed by atoms with E-state index >= 15 is 0 Å². The summed E-state index contributed by atoms with van der Waals surface area (Å²) in [6, 6.07) is 13.8. The minimum absolute atomic E-state index is 0.205. The van der Waals surface area contributed by atoms with Gasteiger partial charge in [0.15, 0.2) is 0 Å². The lowest BCUT2D eigenvalue weighted by molar-refractivity contribution is -0.130. The number of nitrogens with one attached hydrogen (secondary N) is 1. The van der Waals surface area contributed by atoms with Crippen molar-refractivity contribution in [2.75, 3.05) is 7.11 Å². The Balaban J connectivity index is 1.69. The van der Waals surface area contributed by atoms with Gasteiger partial charge in [-0.1, -0.05) is 29.8 Å². The largest absolute Gasteiger partial charge is 0.497 e. The number of methoxy groups -OCH3 is 1. The Morgan fingerprint density at radius 2 is 1.86 bits per heavy atom. The Bertz CT molecular complexity index is 1040. The number of fused-ring (bicyclic) bond motifs is 1. The molecule has 0 aromatic heterocycles. The molecule has 7 heteroatoms. The number of nitrogens with zero attached hydrogens (tertiary/aromatic N) is 2. The van der Waals surface area contributed by atoms with E-state index in [2.05, 4.69) is 10.3 Å². The smallest absolute Gasteiger partial charge is 0.281 e. The Morgan fingerprint density at radius 1 is 1.14 bits per heavy atom. The van der Waals surface area contributed by atoms with Crippen LogP contribution < -0.4 is 10.1 Å². The number of benzene rings is 2. The highest BCUT2D eigenvalue weighted by Gasteiger charge is 2.48. The predicted molar refractivity (Wildman–Crippen MR) is 111 cm³/mol. The van der Waals surface area contributed by atoms with Crippen molar-refractivity contribution >= 4 is 29.3 Å². The fourth-order valence-corrected chi connectivity index (χ4v) is 3.41. The van der Waals surface area contributed by atoms with Gasteiger partial charge in [0.2, 0.25) is 5.66 Å². The minimum Gasteiger partial charge on any atom is -0.497 e. The molecular weight excluding hydrogens is 390 g/mol. The van der Waals surface area contributed by atoms with Gasteiger partial charge >= 0.3 is 0 Å². The molecule has 2 amide bonds. The van der Waals surface area contributed by atoms with Crippen molar-refractivity contribution in [3.63, 3.8) is 0 Å². The van der Waals surface area contributed by atoms with Crippen molar-refractivity contribution in [3.8, 4) is 5.75 Å². The summed E-state index contributed by atoms with van der Waals surface area (Å²) in [5.74, 6) is 0.481. The summed E-state index contributed by atoms with van der Waals surface area (Å²) in [7, 11) is 1.59. The van der Waals surface area contributed by atoms with E-state index in [1.165, 1.54) is 4.90 Å². The van der Waals surface area contributed by atoms with Crippen LogP contribution in [0, 0.1) is 0 Å². The number of allylic oxidation sites excluding steroid dienone is 2. The van der Waals surface area contributed by atoms with Crippen molar-refractivity contribution in [1.29, 1.82) is 0 Å². The highest BCUT2D eigenvalue weighted by molar-refractivity contribution is 6.30. The molecule has 0 saturated carbocycles. The normalized spacial score (nSPS) is 19.7. The van der Waals surface area contributed by atoms with Crippen molar-refractivity contribution in [2.24, 2.45) is 4.99 Å². The molecule has 0 bridgehead atoms. The lowest BCUT2D eigenvalue weighted by atomic mass is 9.98. The molecule has 6 nitrogen and oxygen atoms in total. The minimum atomic E-state index is -1.44. The summed E-state index contributed by atoms with van der Waals surface area (Å²) in [5, 5.41) is 3.38. The lowest BCUT2D eigenvalue weighted by Gasteiger charge is -2.27. The van der Waals surface area contributed by atoms with Crippen LogP contribution in [0.1, 0.15) is 15.9 Å². The molecule has 0 spiro atoms. The number of ether oxygens (including phenoxy) is 1. The number of hydrogen-bond donors (Lipinski definition) is 1. The fraction of sp³-hybridized carbons (Fsp3) is 0.136. The summed E-state index contributed by atoms with van der Waals surface area (Å²) in [6.45, 7) is 0. The summed E-state index contributed by atoms with van der Waals surface area (Å²) in [4.78, 5) is 32.2. The van der Waals surface area contributed by atoms with Gasteiger partial charge in [0.1, 0.15) is 11.6 Å². The monoisotopic (exact) mass is 407 g/mol. The van der Waals surface area contributed by atoms with Crippen LogP contribution in [-0.2, 0) is 11.2 Å². The standard InChI is InChI=1S/C22H18ClN3O3/c1-29-18-11-5-15(6-12-18)14-22(21(28)26-13-3-2-4-19(26)24-22)25-20(27)16-7-9-17(23)10-8-16/h2-13H,14H2,1H3,(H,25,27). The SMILES string of the molecule is COc1ccc(CC2(NC(=O)c3ccc(Cl)cc3)N=C3C=CC=CN3C2=O)cc1. The zero-order valence-corrected chi connectivity index (χ0v) is 16.4. The number of amides is 2. The quantitative estimate of drug-likeness (QED) is 0.826. The molecule has 2 aromatic rings. The summed E-state index contributed by atoms with van der Waals surface area (Å²) in [5.41, 5.74) is -0.209. The molecule has 1 N–H and O–H groups in total. The molecule has 2 aromatic carbocycles. The number of halogens is 1. The highest BCUT2D eigenvalue weighted by atomic mass is 35.5. The first-order valence-electron chi connectivity index (χ1n) is 9.00. The maximum atomic E-state index is 13.3.